The second-order valence-corrected chi connectivity index (χ2v) is 19.1. The predicted molar refractivity (Wildman–Crippen MR) is 290 cm³/mol. The number of nitrogens with one attached hydrogen (secondary N) is 1. The van der Waals surface area contributed by atoms with Crippen LogP contribution in [0.15, 0.2) is 199 Å². The van der Waals surface area contributed by atoms with Crippen LogP contribution in [0.4, 0.5) is 5.69 Å². The Morgan fingerprint density at radius 3 is 2.54 bits per heavy atom. The Morgan fingerprint density at radius 1 is 0.896 bits per heavy atom. The minimum absolute atomic E-state index is 0.0105. The molecule has 334 valence electrons. The van der Waals surface area contributed by atoms with Crippen LogP contribution < -0.4 is 10.2 Å². The summed E-state index contributed by atoms with van der Waals surface area (Å²) in [5.41, 5.74) is 15.5. The largest absolute Gasteiger partial charge is 0.388 e. The average Bonchev–Trinajstić information content (AvgIpc) is 3.47. The molecule has 0 amide bonds. The number of benzene rings is 5. The number of para-hydroxylation sites is 2. The Balaban J connectivity index is 1.16. The first-order chi connectivity index (χ1) is 32.8. The monoisotopic (exact) mass is 893 g/mol. The molecule has 7 aromatic rings. The zero-order valence-electron chi connectivity index (χ0n) is 39.3. The quantitative estimate of drug-likeness (QED) is 0.110. The van der Waals surface area contributed by atoms with E-state index >= 15 is 0 Å². The summed E-state index contributed by atoms with van der Waals surface area (Å²) in [6.07, 6.45) is 29.9. The lowest BCUT2D eigenvalue weighted by molar-refractivity contribution is 0.581. The van der Waals surface area contributed by atoms with E-state index in [2.05, 4.69) is 214 Å². The van der Waals surface area contributed by atoms with Crippen LogP contribution in [0.2, 0.25) is 0 Å². The molecule has 0 fully saturated rings. The number of allylic oxidation sites excluding steroid dienone is 12. The molecule has 2 aromatic heterocycles. The standard InChI is InChI=1S/C61H59N5S/c1-7-10-25-44-37-38-56-58(43(44)4)51-33-21-32-50(52(62-6)34-22-39-61(5)42-65(48-29-16-11-12-17-30-48)55-35-18-19-36-57(55)67-61)59(51)66(56)49-31-20-28-47(40-49)54-41-53(45(23-8-2)24-9-3)63-60(64-54)46-26-14-13-15-27-46/h7-8,10-11,13-21,23-38,40-41,62H,1,9,12,22,39,42H2,2-6H3/b23-8-,25-10-,45-24+,52-34-. The molecule has 67 heavy (non-hydrogen) atoms. The highest BCUT2D eigenvalue weighted by Gasteiger charge is 2.35. The molecule has 9 rings (SSSR count). The Morgan fingerprint density at radius 2 is 1.72 bits per heavy atom. The first kappa shape index (κ1) is 45.0. The summed E-state index contributed by atoms with van der Waals surface area (Å²) >= 11 is 2.02. The minimum Gasteiger partial charge on any atom is -0.388 e. The number of fused-ring (bicyclic) bond motifs is 4. The van der Waals surface area contributed by atoms with Crippen LogP contribution in [0.25, 0.3) is 67.5 Å². The maximum Gasteiger partial charge on any atom is 0.160 e. The summed E-state index contributed by atoms with van der Waals surface area (Å²) in [4.78, 5) is 14.2. The van der Waals surface area contributed by atoms with E-state index in [9.17, 15) is 0 Å². The Hall–Kier alpha value is -7.15. The summed E-state index contributed by atoms with van der Waals surface area (Å²) < 4.78 is 2.45. The van der Waals surface area contributed by atoms with Gasteiger partial charge in [0.1, 0.15) is 0 Å². The summed E-state index contributed by atoms with van der Waals surface area (Å²) in [7, 11) is 2.06. The Kier molecular flexibility index (Phi) is 13.5. The van der Waals surface area contributed by atoms with Crippen molar-refractivity contribution < 1.29 is 0 Å². The van der Waals surface area contributed by atoms with Crippen LogP contribution in [-0.2, 0) is 0 Å². The third-order valence-corrected chi connectivity index (χ3v) is 14.1. The second kappa shape index (κ2) is 20.2. The highest BCUT2D eigenvalue weighted by molar-refractivity contribution is 8.01. The number of aryl methyl sites for hydroxylation is 1. The maximum absolute atomic E-state index is 5.24. The normalized spacial score (nSPS) is 16.6. The van der Waals surface area contributed by atoms with E-state index in [0.717, 1.165) is 88.3 Å². The maximum atomic E-state index is 5.24. The molecule has 0 radical (unpaired) electrons. The summed E-state index contributed by atoms with van der Waals surface area (Å²) in [6, 6.07) is 41.4. The van der Waals surface area contributed by atoms with Gasteiger partial charge < -0.3 is 14.8 Å². The molecule has 5 aromatic carbocycles. The first-order valence-corrected chi connectivity index (χ1v) is 24.4. The van der Waals surface area contributed by atoms with Crippen molar-refractivity contribution in [3.8, 4) is 28.3 Å². The highest BCUT2D eigenvalue weighted by atomic mass is 32.2. The van der Waals surface area contributed by atoms with Gasteiger partial charge in [-0.15, -0.1) is 11.8 Å². The molecule has 0 saturated carbocycles. The fourth-order valence-electron chi connectivity index (χ4n) is 9.57. The van der Waals surface area contributed by atoms with Gasteiger partial charge in [-0.3, -0.25) is 0 Å². The zero-order chi connectivity index (χ0) is 46.3. The predicted octanol–water partition coefficient (Wildman–Crippen LogP) is 15.9. The number of anilines is 1. The second-order valence-electron chi connectivity index (χ2n) is 17.4. The topological polar surface area (TPSA) is 46.0 Å². The van der Waals surface area contributed by atoms with Gasteiger partial charge in [0.25, 0.3) is 0 Å². The van der Waals surface area contributed by atoms with Gasteiger partial charge in [-0.1, -0.05) is 153 Å². The van der Waals surface area contributed by atoms with Crippen molar-refractivity contribution in [2.24, 2.45) is 0 Å². The third-order valence-electron chi connectivity index (χ3n) is 12.8. The highest BCUT2D eigenvalue weighted by Crippen LogP contribution is 2.48. The van der Waals surface area contributed by atoms with Crippen LogP contribution in [0.3, 0.4) is 0 Å². The van der Waals surface area contributed by atoms with Crippen LogP contribution in [-0.4, -0.2) is 32.9 Å². The fourth-order valence-corrected chi connectivity index (χ4v) is 10.9. The Bertz CT molecular complexity index is 3190. The lowest BCUT2D eigenvalue weighted by Gasteiger charge is -2.42. The van der Waals surface area contributed by atoms with Gasteiger partial charge in [0, 0.05) is 67.8 Å². The summed E-state index contributed by atoms with van der Waals surface area (Å²) in [5.74, 6) is 0.705. The number of thioether (sulfide) groups is 1. The van der Waals surface area contributed by atoms with Crippen LogP contribution in [0.5, 0.6) is 0 Å². The molecule has 1 N–H and O–H groups in total. The summed E-state index contributed by atoms with van der Waals surface area (Å²) in [6.45, 7) is 13.8. The molecular weight excluding hydrogens is 835 g/mol. The average molecular weight is 894 g/mol. The lowest BCUT2D eigenvalue weighted by Crippen LogP contribution is -2.41. The molecular formula is C61H59N5S. The molecule has 5 nitrogen and oxygen atoms in total. The minimum atomic E-state index is -0.0105. The van der Waals surface area contributed by atoms with Crippen LogP contribution in [0.1, 0.15) is 68.8 Å². The third kappa shape index (κ3) is 9.32. The van der Waals surface area contributed by atoms with Crippen molar-refractivity contribution in [2.45, 2.75) is 63.0 Å². The van der Waals surface area contributed by atoms with Gasteiger partial charge in [0.2, 0.25) is 0 Å². The van der Waals surface area contributed by atoms with E-state index in [0.29, 0.717) is 5.82 Å². The van der Waals surface area contributed by atoms with Gasteiger partial charge in [0.05, 0.1) is 28.1 Å². The van der Waals surface area contributed by atoms with E-state index in [1.54, 1.807) is 0 Å². The molecule has 0 bridgehead atoms. The molecule has 1 unspecified atom stereocenters. The smallest absolute Gasteiger partial charge is 0.160 e. The van der Waals surface area contributed by atoms with Gasteiger partial charge in [-0.2, -0.15) is 0 Å². The van der Waals surface area contributed by atoms with E-state index in [-0.39, 0.29) is 4.75 Å². The number of nitrogens with zero attached hydrogens (tertiary/aromatic N) is 4. The number of hydrogen-bond acceptors (Lipinski definition) is 5. The molecule has 0 saturated heterocycles. The molecule has 3 heterocycles. The van der Waals surface area contributed by atoms with Gasteiger partial charge in [-0.25, -0.2) is 9.97 Å². The van der Waals surface area contributed by atoms with E-state index in [1.807, 2.05) is 42.1 Å². The molecule has 1 aliphatic heterocycles. The zero-order valence-corrected chi connectivity index (χ0v) is 40.2. The van der Waals surface area contributed by atoms with Crippen molar-refractivity contribution >= 4 is 56.6 Å². The van der Waals surface area contributed by atoms with Gasteiger partial charge in [0.15, 0.2) is 5.82 Å². The number of rotatable bonds is 14. The van der Waals surface area contributed by atoms with E-state index in [1.165, 1.54) is 38.2 Å². The van der Waals surface area contributed by atoms with Crippen molar-refractivity contribution in [1.29, 1.82) is 0 Å². The van der Waals surface area contributed by atoms with Crippen LogP contribution >= 0.6 is 11.8 Å². The van der Waals surface area contributed by atoms with Gasteiger partial charge in [-0.05, 0) is 112 Å². The lowest BCUT2D eigenvalue weighted by atomic mass is 9.98. The Labute approximate surface area is 401 Å². The van der Waals surface area contributed by atoms with Crippen molar-refractivity contribution in [2.75, 3.05) is 18.5 Å². The molecule has 6 heteroatoms. The molecule has 1 atom stereocenters. The SMILES string of the molecule is C=C/C=C\c1ccc2c(c1C)c1cccc(/C(=C/CCC3(C)CN(C4=CC=CCC=C4)c4ccccc4S3)NC)c1n2-c1cccc(-c2cc(C(/C=C\C)=C/CC)nc(-c3ccccc3)n2)c1. The van der Waals surface area contributed by atoms with E-state index in [4.69, 9.17) is 9.97 Å². The van der Waals surface area contributed by atoms with Gasteiger partial charge >= 0.3 is 0 Å². The number of hydrogen-bond donors (Lipinski definition) is 1. The van der Waals surface area contributed by atoms with E-state index < -0.39 is 0 Å². The van der Waals surface area contributed by atoms with Crippen molar-refractivity contribution in [3.63, 3.8) is 0 Å². The molecule has 2 aliphatic rings. The fraction of sp³-hybridized carbons (Fsp3) is 0.180. The van der Waals surface area contributed by atoms with Crippen LogP contribution in [0, 0.1) is 6.92 Å². The van der Waals surface area contributed by atoms with Crippen molar-refractivity contribution in [1.82, 2.24) is 19.9 Å². The first-order valence-electron chi connectivity index (χ1n) is 23.5. The molecule has 0 spiro atoms. The summed E-state index contributed by atoms with van der Waals surface area (Å²) in [5, 5.41) is 6.12. The molecule has 1 aliphatic carbocycles. The number of aromatic nitrogens is 3. The van der Waals surface area contributed by atoms with Crippen molar-refractivity contribution in [3.05, 3.63) is 217 Å².